The number of hydrogen-bond acceptors (Lipinski definition) is 3. The number of rotatable bonds is 7. The van der Waals surface area contributed by atoms with Crippen molar-refractivity contribution in [2.75, 3.05) is 12.8 Å². The first-order valence-electron chi connectivity index (χ1n) is 9.89. The number of aromatic nitrogens is 2. The molecular weight excluding hydrogens is 481 g/mol. The summed E-state index contributed by atoms with van der Waals surface area (Å²) in [5.41, 5.74) is 3.61. The number of halogens is 1. The lowest BCUT2D eigenvalue weighted by Crippen LogP contribution is -2.37. The van der Waals surface area contributed by atoms with Gasteiger partial charge in [0.25, 0.3) is 0 Å². The van der Waals surface area contributed by atoms with Crippen LogP contribution in [0.4, 0.5) is 0 Å². The van der Waals surface area contributed by atoms with E-state index in [2.05, 4.69) is 65.9 Å². The quantitative estimate of drug-likeness (QED) is 0.239. The number of nitrogens with one attached hydrogen (secondary N) is 2. The van der Waals surface area contributed by atoms with Crippen LogP contribution in [0.15, 0.2) is 40.4 Å². The van der Waals surface area contributed by atoms with Gasteiger partial charge < -0.3 is 10.6 Å². The van der Waals surface area contributed by atoms with Crippen molar-refractivity contribution in [1.82, 2.24) is 20.4 Å². The van der Waals surface area contributed by atoms with Gasteiger partial charge in [-0.1, -0.05) is 25.0 Å². The molecule has 0 atom stereocenters. The minimum Gasteiger partial charge on any atom is -0.357 e. The van der Waals surface area contributed by atoms with Gasteiger partial charge >= 0.3 is 0 Å². The predicted octanol–water partition coefficient (Wildman–Crippen LogP) is 4.90. The first kappa shape index (κ1) is 23.1. The monoisotopic (exact) mass is 513 g/mol. The summed E-state index contributed by atoms with van der Waals surface area (Å²) >= 11 is 1.78. The van der Waals surface area contributed by atoms with E-state index in [0.717, 1.165) is 18.2 Å². The van der Waals surface area contributed by atoms with Gasteiger partial charge in [-0.05, 0) is 56.2 Å². The van der Waals surface area contributed by atoms with Gasteiger partial charge in [-0.2, -0.15) is 5.10 Å². The molecule has 2 aromatic rings. The van der Waals surface area contributed by atoms with Crippen LogP contribution in [0.5, 0.6) is 0 Å². The normalized spacial score (nSPS) is 14.8. The third kappa shape index (κ3) is 6.40. The molecular formula is C21H32IN5S. The van der Waals surface area contributed by atoms with Crippen molar-refractivity contribution in [2.24, 2.45) is 4.99 Å². The molecule has 7 heteroatoms. The van der Waals surface area contributed by atoms with Crippen LogP contribution >= 0.6 is 35.7 Å². The SMILES string of the molecule is CCNC(=NCc1ccc(C)cc1SC)NCc1ccn(C2CCCC2)n1.I. The molecule has 1 aromatic carbocycles. The molecule has 1 aromatic heterocycles. The third-order valence-electron chi connectivity index (χ3n) is 4.99. The maximum atomic E-state index is 4.77. The summed E-state index contributed by atoms with van der Waals surface area (Å²) < 4.78 is 2.14. The second kappa shape index (κ2) is 11.7. The maximum Gasteiger partial charge on any atom is 0.191 e. The molecule has 0 bridgehead atoms. The molecule has 1 saturated carbocycles. The zero-order chi connectivity index (χ0) is 19.1. The molecule has 0 amide bonds. The smallest absolute Gasteiger partial charge is 0.191 e. The number of nitrogens with zero attached hydrogens (tertiary/aromatic N) is 3. The highest BCUT2D eigenvalue weighted by molar-refractivity contribution is 14.0. The molecule has 0 unspecified atom stereocenters. The van der Waals surface area contributed by atoms with Crippen molar-refractivity contribution < 1.29 is 0 Å². The first-order valence-corrected chi connectivity index (χ1v) is 11.1. The van der Waals surface area contributed by atoms with Crippen LogP contribution in [-0.2, 0) is 13.1 Å². The number of benzene rings is 1. The Morgan fingerprint density at radius 1 is 1.25 bits per heavy atom. The van der Waals surface area contributed by atoms with Crippen molar-refractivity contribution >= 4 is 41.7 Å². The van der Waals surface area contributed by atoms with Crippen molar-refractivity contribution in [3.05, 3.63) is 47.3 Å². The molecule has 3 rings (SSSR count). The minimum atomic E-state index is 0. The molecule has 1 aliphatic carbocycles. The lowest BCUT2D eigenvalue weighted by molar-refractivity contribution is 0.462. The molecule has 154 valence electrons. The standard InChI is InChI=1S/C21H31N5S.HI/c1-4-22-21(23-14-17-10-9-16(2)13-20(17)27-3)24-15-18-11-12-26(25-18)19-7-5-6-8-19;/h9-13,19H,4-8,14-15H2,1-3H3,(H2,22,23,24);1H. The molecule has 0 radical (unpaired) electrons. The van der Waals surface area contributed by atoms with Gasteiger partial charge in [-0.15, -0.1) is 35.7 Å². The molecule has 0 aliphatic heterocycles. The van der Waals surface area contributed by atoms with Crippen LogP contribution in [0, 0.1) is 6.92 Å². The van der Waals surface area contributed by atoms with E-state index in [4.69, 9.17) is 10.1 Å². The summed E-state index contributed by atoms with van der Waals surface area (Å²) in [5, 5.41) is 11.5. The topological polar surface area (TPSA) is 54.2 Å². The van der Waals surface area contributed by atoms with Gasteiger partial charge in [0.15, 0.2) is 5.96 Å². The summed E-state index contributed by atoms with van der Waals surface area (Å²) in [4.78, 5) is 6.06. The molecule has 0 spiro atoms. The molecule has 1 heterocycles. The van der Waals surface area contributed by atoms with E-state index in [1.54, 1.807) is 11.8 Å². The van der Waals surface area contributed by atoms with Crippen LogP contribution in [0.25, 0.3) is 0 Å². The zero-order valence-electron chi connectivity index (χ0n) is 17.1. The lowest BCUT2D eigenvalue weighted by Gasteiger charge is -2.12. The summed E-state index contributed by atoms with van der Waals surface area (Å²) in [6.07, 6.45) is 9.40. The van der Waals surface area contributed by atoms with Crippen molar-refractivity contribution in [2.45, 2.75) is 63.6 Å². The number of aliphatic imine (C=N–C) groups is 1. The molecule has 5 nitrogen and oxygen atoms in total. The fourth-order valence-electron chi connectivity index (χ4n) is 3.51. The highest BCUT2D eigenvalue weighted by Crippen LogP contribution is 2.28. The van der Waals surface area contributed by atoms with E-state index in [-0.39, 0.29) is 24.0 Å². The van der Waals surface area contributed by atoms with Crippen LogP contribution < -0.4 is 10.6 Å². The van der Waals surface area contributed by atoms with Crippen molar-refractivity contribution in [3.63, 3.8) is 0 Å². The van der Waals surface area contributed by atoms with Gasteiger partial charge in [-0.3, -0.25) is 4.68 Å². The van der Waals surface area contributed by atoms with Gasteiger partial charge in [0.1, 0.15) is 0 Å². The van der Waals surface area contributed by atoms with Gasteiger partial charge in [0.2, 0.25) is 0 Å². The average Bonchev–Trinajstić information content (AvgIpc) is 3.36. The summed E-state index contributed by atoms with van der Waals surface area (Å²) in [6, 6.07) is 9.26. The van der Waals surface area contributed by atoms with E-state index in [1.807, 2.05) is 0 Å². The fraction of sp³-hybridized carbons (Fsp3) is 0.524. The molecule has 1 aliphatic rings. The molecule has 2 N–H and O–H groups in total. The fourth-order valence-corrected chi connectivity index (χ4v) is 4.21. The van der Waals surface area contributed by atoms with Crippen LogP contribution in [-0.4, -0.2) is 28.5 Å². The third-order valence-corrected chi connectivity index (χ3v) is 5.81. The van der Waals surface area contributed by atoms with E-state index in [9.17, 15) is 0 Å². The van der Waals surface area contributed by atoms with Gasteiger partial charge in [0, 0.05) is 17.6 Å². The second-order valence-corrected chi connectivity index (χ2v) is 7.94. The van der Waals surface area contributed by atoms with Crippen molar-refractivity contribution in [3.8, 4) is 0 Å². The zero-order valence-corrected chi connectivity index (χ0v) is 20.2. The largest absolute Gasteiger partial charge is 0.357 e. The van der Waals surface area contributed by atoms with Gasteiger partial charge in [-0.25, -0.2) is 4.99 Å². The highest BCUT2D eigenvalue weighted by atomic mass is 127. The Hall–Kier alpha value is -1.22. The Bertz CT molecular complexity index is 768. The molecule has 1 fully saturated rings. The van der Waals surface area contributed by atoms with Crippen molar-refractivity contribution in [1.29, 1.82) is 0 Å². The summed E-state index contributed by atoms with van der Waals surface area (Å²) in [6.45, 7) is 6.41. The summed E-state index contributed by atoms with van der Waals surface area (Å²) in [5.74, 6) is 0.834. The van der Waals surface area contributed by atoms with E-state index in [1.165, 1.54) is 41.7 Å². The Morgan fingerprint density at radius 2 is 2.04 bits per heavy atom. The van der Waals surface area contributed by atoms with Gasteiger partial charge in [0.05, 0.1) is 24.8 Å². The van der Waals surface area contributed by atoms with Crippen LogP contribution in [0.1, 0.15) is 55.5 Å². The number of guanidine groups is 1. The second-order valence-electron chi connectivity index (χ2n) is 7.09. The summed E-state index contributed by atoms with van der Waals surface area (Å²) in [7, 11) is 0. The molecule has 28 heavy (non-hydrogen) atoms. The van der Waals surface area contributed by atoms with E-state index < -0.39 is 0 Å². The minimum absolute atomic E-state index is 0. The number of thioether (sulfide) groups is 1. The Labute approximate surface area is 190 Å². The Balaban J connectivity index is 0.00000280. The van der Waals surface area contributed by atoms with E-state index in [0.29, 0.717) is 19.1 Å². The Morgan fingerprint density at radius 3 is 2.75 bits per heavy atom. The average molecular weight is 513 g/mol. The predicted molar refractivity (Wildman–Crippen MR) is 130 cm³/mol. The lowest BCUT2D eigenvalue weighted by atomic mass is 10.1. The Kier molecular flexibility index (Phi) is 9.64. The highest BCUT2D eigenvalue weighted by Gasteiger charge is 2.17. The van der Waals surface area contributed by atoms with E-state index >= 15 is 0 Å². The number of aryl methyl sites for hydroxylation is 1. The maximum absolute atomic E-state index is 4.77. The first-order chi connectivity index (χ1) is 13.2. The number of hydrogen-bond donors (Lipinski definition) is 2. The van der Waals surface area contributed by atoms with Crippen LogP contribution in [0.3, 0.4) is 0 Å². The van der Waals surface area contributed by atoms with Crippen LogP contribution in [0.2, 0.25) is 0 Å². The molecule has 0 saturated heterocycles.